The van der Waals surface area contributed by atoms with Crippen molar-refractivity contribution in [2.45, 2.75) is 40.2 Å². The largest absolute Gasteiger partial charge is 0.385 e. The zero-order valence-corrected chi connectivity index (χ0v) is 9.46. The quantitative estimate of drug-likeness (QED) is 0.665. The molecule has 0 fully saturated rings. The zero-order chi connectivity index (χ0) is 10.7. The maximum atomic E-state index is 9.99. The van der Waals surface area contributed by atoms with Crippen LogP contribution in [0.2, 0.25) is 0 Å². The van der Waals surface area contributed by atoms with Gasteiger partial charge in [0.05, 0.1) is 5.60 Å². The van der Waals surface area contributed by atoms with Crippen molar-refractivity contribution < 1.29 is 5.11 Å². The fourth-order valence-electron chi connectivity index (χ4n) is 0.809. The molecule has 0 aromatic heterocycles. The lowest BCUT2D eigenvalue weighted by atomic mass is 9.87. The maximum absolute atomic E-state index is 9.99. The first kappa shape index (κ1) is 12.4. The number of hydrogen-bond donors (Lipinski definition) is 1. The van der Waals surface area contributed by atoms with Crippen molar-refractivity contribution in [1.82, 2.24) is 0 Å². The van der Waals surface area contributed by atoms with Gasteiger partial charge in [-0.1, -0.05) is 45.9 Å². The van der Waals surface area contributed by atoms with Gasteiger partial charge in [-0.05, 0) is 12.3 Å². The van der Waals surface area contributed by atoms with Crippen LogP contribution >= 0.6 is 0 Å². The van der Waals surface area contributed by atoms with Gasteiger partial charge in [0.2, 0.25) is 0 Å². The SMILES string of the molecule is C=CC(C)C(C)(O)C=CC(C)(C)C. The van der Waals surface area contributed by atoms with Gasteiger partial charge in [0.1, 0.15) is 0 Å². The summed E-state index contributed by atoms with van der Waals surface area (Å²) in [7, 11) is 0. The summed E-state index contributed by atoms with van der Waals surface area (Å²) in [5.41, 5.74) is -0.667. The van der Waals surface area contributed by atoms with E-state index >= 15 is 0 Å². The van der Waals surface area contributed by atoms with Crippen molar-refractivity contribution >= 4 is 0 Å². The van der Waals surface area contributed by atoms with E-state index in [1.807, 2.05) is 26.0 Å². The van der Waals surface area contributed by atoms with Gasteiger partial charge in [0, 0.05) is 5.92 Å². The van der Waals surface area contributed by atoms with Crippen LogP contribution in [0.25, 0.3) is 0 Å². The van der Waals surface area contributed by atoms with Gasteiger partial charge in [-0.2, -0.15) is 0 Å². The van der Waals surface area contributed by atoms with E-state index in [9.17, 15) is 5.11 Å². The van der Waals surface area contributed by atoms with E-state index in [2.05, 4.69) is 27.4 Å². The average Bonchev–Trinajstić information content (AvgIpc) is 1.98. The molecule has 2 atom stereocenters. The fourth-order valence-corrected chi connectivity index (χ4v) is 0.809. The minimum atomic E-state index is -0.783. The molecule has 0 rings (SSSR count). The Bertz CT molecular complexity index is 194. The number of hydrogen-bond acceptors (Lipinski definition) is 1. The van der Waals surface area contributed by atoms with Crippen LogP contribution in [0, 0.1) is 11.3 Å². The summed E-state index contributed by atoms with van der Waals surface area (Å²) in [6, 6.07) is 0. The standard InChI is InChI=1S/C12H22O/c1-7-10(2)12(6,13)9-8-11(3,4)5/h7-10,13H,1H2,2-6H3. The third-order valence-corrected chi connectivity index (χ3v) is 2.20. The summed E-state index contributed by atoms with van der Waals surface area (Å²) in [6.07, 6.45) is 5.67. The first-order chi connectivity index (χ1) is 5.69. The predicted octanol–water partition coefficient (Wildman–Crippen LogP) is 3.16. The Kier molecular flexibility index (Phi) is 3.92. The molecule has 0 bridgehead atoms. The topological polar surface area (TPSA) is 20.2 Å². The van der Waals surface area contributed by atoms with Gasteiger partial charge in [-0.15, -0.1) is 6.58 Å². The van der Waals surface area contributed by atoms with Gasteiger partial charge >= 0.3 is 0 Å². The molecular formula is C12H22O. The van der Waals surface area contributed by atoms with E-state index in [0.717, 1.165) is 0 Å². The average molecular weight is 182 g/mol. The third kappa shape index (κ3) is 4.89. The Labute approximate surface area is 82.2 Å². The summed E-state index contributed by atoms with van der Waals surface area (Å²) in [5.74, 6) is 0.0751. The molecule has 0 saturated heterocycles. The second-order valence-electron chi connectivity index (χ2n) is 4.95. The molecule has 0 heterocycles. The molecule has 0 aliphatic heterocycles. The molecule has 76 valence electrons. The van der Waals surface area contributed by atoms with E-state index in [4.69, 9.17) is 0 Å². The highest BCUT2D eigenvalue weighted by Gasteiger charge is 2.23. The summed E-state index contributed by atoms with van der Waals surface area (Å²) in [4.78, 5) is 0. The summed E-state index contributed by atoms with van der Waals surface area (Å²) < 4.78 is 0. The van der Waals surface area contributed by atoms with Gasteiger partial charge in [0.15, 0.2) is 0 Å². The minimum absolute atomic E-state index is 0.0751. The Morgan fingerprint density at radius 2 is 1.62 bits per heavy atom. The second-order valence-corrected chi connectivity index (χ2v) is 4.95. The van der Waals surface area contributed by atoms with Crippen molar-refractivity contribution in [2.24, 2.45) is 11.3 Å². The molecule has 1 N–H and O–H groups in total. The highest BCUT2D eigenvalue weighted by Crippen LogP contribution is 2.23. The molecule has 2 unspecified atom stereocenters. The molecule has 13 heavy (non-hydrogen) atoms. The Morgan fingerprint density at radius 3 is 1.92 bits per heavy atom. The Balaban J connectivity index is 4.50. The van der Waals surface area contributed by atoms with Crippen molar-refractivity contribution in [3.05, 3.63) is 24.8 Å². The summed E-state index contributed by atoms with van der Waals surface area (Å²) in [5, 5.41) is 9.99. The minimum Gasteiger partial charge on any atom is -0.385 e. The van der Waals surface area contributed by atoms with Crippen LogP contribution in [0.3, 0.4) is 0 Å². The van der Waals surface area contributed by atoms with Crippen LogP contribution in [-0.4, -0.2) is 10.7 Å². The van der Waals surface area contributed by atoms with E-state index in [-0.39, 0.29) is 11.3 Å². The second kappa shape index (κ2) is 4.10. The Hall–Kier alpha value is -0.560. The van der Waals surface area contributed by atoms with Crippen LogP contribution in [0.5, 0.6) is 0 Å². The molecule has 0 aromatic rings. The molecule has 1 heteroatoms. The van der Waals surface area contributed by atoms with Crippen molar-refractivity contribution in [1.29, 1.82) is 0 Å². The smallest absolute Gasteiger partial charge is 0.0859 e. The van der Waals surface area contributed by atoms with Crippen LogP contribution in [-0.2, 0) is 0 Å². The molecule has 0 aliphatic carbocycles. The van der Waals surface area contributed by atoms with Gasteiger partial charge in [-0.3, -0.25) is 0 Å². The van der Waals surface area contributed by atoms with E-state index in [1.54, 1.807) is 6.08 Å². The van der Waals surface area contributed by atoms with Gasteiger partial charge < -0.3 is 5.11 Å². The van der Waals surface area contributed by atoms with E-state index in [1.165, 1.54) is 0 Å². The highest BCUT2D eigenvalue weighted by atomic mass is 16.3. The van der Waals surface area contributed by atoms with Gasteiger partial charge in [-0.25, -0.2) is 0 Å². The molecule has 0 aliphatic rings. The maximum Gasteiger partial charge on any atom is 0.0859 e. The molecule has 0 amide bonds. The molecule has 1 nitrogen and oxygen atoms in total. The molecule has 0 radical (unpaired) electrons. The molecule has 0 saturated carbocycles. The van der Waals surface area contributed by atoms with E-state index < -0.39 is 5.60 Å². The number of rotatable bonds is 3. The summed E-state index contributed by atoms with van der Waals surface area (Å²) >= 11 is 0. The monoisotopic (exact) mass is 182 g/mol. The normalized spacial score (nSPS) is 19.8. The predicted molar refractivity (Wildman–Crippen MR) is 58.6 cm³/mol. The fraction of sp³-hybridized carbons (Fsp3) is 0.667. The van der Waals surface area contributed by atoms with Gasteiger partial charge in [0.25, 0.3) is 0 Å². The molecule has 0 spiro atoms. The lowest BCUT2D eigenvalue weighted by molar-refractivity contribution is 0.0736. The zero-order valence-electron chi connectivity index (χ0n) is 9.46. The first-order valence-electron chi connectivity index (χ1n) is 4.74. The molecular weight excluding hydrogens is 160 g/mol. The van der Waals surface area contributed by atoms with Crippen molar-refractivity contribution in [3.63, 3.8) is 0 Å². The lowest BCUT2D eigenvalue weighted by Gasteiger charge is -2.25. The van der Waals surface area contributed by atoms with Crippen LogP contribution in [0.15, 0.2) is 24.8 Å². The third-order valence-electron chi connectivity index (χ3n) is 2.20. The van der Waals surface area contributed by atoms with Crippen molar-refractivity contribution in [2.75, 3.05) is 0 Å². The highest BCUT2D eigenvalue weighted by molar-refractivity contribution is 5.08. The number of allylic oxidation sites excluding steroid dienone is 1. The van der Waals surface area contributed by atoms with Crippen LogP contribution in [0.1, 0.15) is 34.6 Å². The van der Waals surface area contributed by atoms with E-state index in [0.29, 0.717) is 0 Å². The molecule has 0 aromatic carbocycles. The first-order valence-corrected chi connectivity index (χ1v) is 4.74. The lowest BCUT2D eigenvalue weighted by Crippen LogP contribution is -2.29. The number of aliphatic hydroxyl groups is 1. The Morgan fingerprint density at radius 1 is 1.15 bits per heavy atom. The van der Waals surface area contributed by atoms with Crippen LogP contribution in [0.4, 0.5) is 0 Å². The summed E-state index contributed by atoms with van der Waals surface area (Å²) in [6.45, 7) is 13.8. The van der Waals surface area contributed by atoms with Crippen molar-refractivity contribution in [3.8, 4) is 0 Å². The van der Waals surface area contributed by atoms with Crippen LogP contribution < -0.4 is 0 Å².